The van der Waals surface area contributed by atoms with Gasteiger partial charge in [-0.2, -0.15) is 0 Å². The quantitative estimate of drug-likeness (QED) is 0.891. The average molecular weight is 348 g/mol. The number of anilines is 1. The summed E-state index contributed by atoms with van der Waals surface area (Å²) in [5.41, 5.74) is 3.35. The molecule has 110 valence electrons. The van der Waals surface area contributed by atoms with E-state index in [4.69, 9.17) is 0 Å². The maximum atomic E-state index is 12.8. The molecule has 0 aromatic heterocycles. The highest BCUT2D eigenvalue weighted by Crippen LogP contribution is 2.27. The number of amides is 1. The van der Waals surface area contributed by atoms with Gasteiger partial charge in [0.2, 0.25) is 0 Å². The van der Waals surface area contributed by atoms with Crippen LogP contribution in [0, 0.1) is 13.8 Å². The van der Waals surface area contributed by atoms with Gasteiger partial charge in [0.05, 0.1) is 5.69 Å². The number of carbonyl (C=O) groups is 1. The number of hydrogen-bond donors (Lipinski definition) is 1. The monoisotopic (exact) mass is 347 g/mol. The smallest absolute Gasteiger partial charge is 0.258 e. The maximum Gasteiger partial charge on any atom is 0.258 e. The Labute approximate surface area is 133 Å². The highest BCUT2D eigenvalue weighted by Gasteiger charge is 2.18. The lowest BCUT2D eigenvalue weighted by atomic mass is 10.1. The van der Waals surface area contributed by atoms with E-state index in [1.165, 1.54) is 0 Å². The highest BCUT2D eigenvalue weighted by molar-refractivity contribution is 9.10. The maximum absolute atomic E-state index is 12.8. The van der Waals surface area contributed by atoms with Crippen LogP contribution in [0.25, 0.3) is 0 Å². The van der Waals surface area contributed by atoms with Gasteiger partial charge in [0.25, 0.3) is 5.91 Å². The Hall–Kier alpha value is -1.81. The molecule has 0 saturated heterocycles. The molecular formula is C17H18BrNO2. The number of hydrogen-bond acceptors (Lipinski definition) is 2. The van der Waals surface area contributed by atoms with Crippen LogP contribution in [-0.2, 0) is 0 Å². The van der Waals surface area contributed by atoms with E-state index in [1.807, 2.05) is 45.0 Å². The lowest BCUT2D eigenvalue weighted by Crippen LogP contribution is -2.31. The second-order valence-corrected chi connectivity index (χ2v) is 5.95. The fraction of sp³-hybridized carbons (Fsp3) is 0.235. The van der Waals surface area contributed by atoms with Crippen LogP contribution in [0.2, 0.25) is 0 Å². The molecule has 0 fully saturated rings. The van der Waals surface area contributed by atoms with Crippen LogP contribution in [-0.4, -0.2) is 17.6 Å². The van der Waals surface area contributed by atoms with Crippen LogP contribution in [0.4, 0.5) is 5.69 Å². The highest BCUT2D eigenvalue weighted by atomic mass is 79.9. The summed E-state index contributed by atoms with van der Waals surface area (Å²) in [6.07, 6.45) is 0. The molecule has 0 spiro atoms. The number of rotatable bonds is 3. The van der Waals surface area contributed by atoms with E-state index in [9.17, 15) is 9.90 Å². The van der Waals surface area contributed by atoms with Gasteiger partial charge in [-0.1, -0.05) is 22.0 Å². The van der Waals surface area contributed by atoms with Crippen LogP contribution in [0.1, 0.15) is 28.4 Å². The van der Waals surface area contributed by atoms with Crippen molar-refractivity contribution >= 4 is 27.5 Å². The van der Waals surface area contributed by atoms with E-state index >= 15 is 0 Å². The first-order chi connectivity index (χ1) is 9.92. The number of aromatic hydroxyl groups is 1. The van der Waals surface area contributed by atoms with Gasteiger partial charge in [0, 0.05) is 22.6 Å². The Morgan fingerprint density at radius 1 is 1.19 bits per heavy atom. The van der Waals surface area contributed by atoms with Gasteiger partial charge in [-0.05, 0) is 56.2 Å². The minimum atomic E-state index is -0.0735. The van der Waals surface area contributed by atoms with Gasteiger partial charge in [0.1, 0.15) is 5.75 Å². The van der Waals surface area contributed by atoms with Gasteiger partial charge in [0.15, 0.2) is 0 Å². The molecule has 0 aliphatic heterocycles. The summed E-state index contributed by atoms with van der Waals surface area (Å²) in [4.78, 5) is 14.4. The summed E-state index contributed by atoms with van der Waals surface area (Å²) >= 11 is 3.42. The SMILES string of the molecule is CCN(C(=O)c1cc(C)cc(Br)c1)c1cc(O)ccc1C. The molecule has 2 rings (SSSR count). The largest absolute Gasteiger partial charge is 0.508 e. The van der Waals surface area contributed by atoms with Crippen molar-refractivity contribution in [2.24, 2.45) is 0 Å². The Morgan fingerprint density at radius 3 is 2.52 bits per heavy atom. The van der Waals surface area contributed by atoms with Crippen molar-refractivity contribution in [2.45, 2.75) is 20.8 Å². The Kier molecular flexibility index (Phi) is 4.68. The van der Waals surface area contributed by atoms with Crippen molar-refractivity contribution in [1.29, 1.82) is 0 Å². The van der Waals surface area contributed by atoms with Crippen LogP contribution >= 0.6 is 15.9 Å². The first-order valence-corrected chi connectivity index (χ1v) is 7.60. The lowest BCUT2D eigenvalue weighted by Gasteiger charge is -2.23. The summed E-state index contributed by atoms with van der Waals surface area (Å²) in [5, 5.41) is 9.68. The van der Waals surface area contributed by atoms with Gasteiger partial charge in [-0.25, -0.2) is 0 Å². The third-order valence-corrected chi connectivity index (χ3v) is 3.79. The van der Waals surface area contributed by atoms with Crippen molar-refractivity contribution in [3.63, 3.8) is 0 Å². The molecule has 0 heterocycles. The number of phenols is 1. The predicted octanol–water partition coefficient (Wildman–Crippen LogP) is 4.44. The average Bonchev–Trinajstić information content (AvgIpc) is 2.42. The van der Waals surface area contributed by atoms with Crippen LogP contribution < -0.4 is 4.90 Å². The van der Waals surface area contributed by atoms with E-state index in [2.05, 4.69) is 15.9 Å². The zero-order valence-corrected chi connectivity index (χ0v) is 13.9. The zero-order chi connectivity index (χ0) is 15.6. The molecule has 4 heteroatoms. The van der Waals surface area contributed by atoms with Crippen molar-refractivity contribution in [3.05, 3.63) is 57.6 Å². The van der Waals surface area contributed by atoms with Crippen molar-refractivity contribution < 1.29 is 9.90 Å². The molecule has 0 bridgehead atoms. The van der Waals surface area contributed by atoms with E-state index in [0.717, 1.165) is 21.3 Å². The minimum Gasteiger partial charge on any atom is -0.508 e. The topological polar surface area (TPSA) is 40.5 Å². The van der Waals surface area contributed by atoms with Crippen molar-refractivity contribution in [2.75, 3.05) is 11.4 Å². The summed E-state index contributed by atoms with van der Waals surface area (Å²) in [5.74, 6) is 0.0860. The molecule has 0 atom stereocenters. The summed E-state index contributed by atoms with van der Waals surface area (Å²) in [6, 6.07) is 10.7. The van der Waals surface area contributed by atoms with Gasteiger partial charge in [-0.3, -0.25) is 4.79 Å². The molecule has 0 aliphatic carbocycles. The second kappa shape index (κ2) is 6.31. The number of phenolic OH excluding ortho intramolecular Hbond substituents is 1. The van der Waals surface area contributed by atoms with E-state index in [-0.39, 0.29) is 11.7 Å². The Morgan fingerprint density at radius 2 is 1.90 bits per heavy atom. The Bertz CT molecular complexity index is 662. The van der Waals surface area contributed by atoms with Gasteiger partial charge < -0.3 is 10.0 Å². The Balaban J connectivity index is 2.45. The zero-order valence-electron chi connectivity index (χ0n) is 12.4. The number of carbonyl (C=O) groups excluding carboxylic acids is 1. The number of nitrogens with zero attached hydrogens (tertiary/aromatic N) is 1. The summed E-state index contributed by atoms with van der Waals surface area (Å²) in [6.45, 7) is 6.34. The second-order valence-electron chi connectivity index (χ2n) is 5.04. The molecule has 1 amide bonds. The minimum absolute atomic E-state index is 0.0735. The number of benzene rings is 2. The standard InChI is InChI=1S/C17H18BrNO2/c1-4-19(16-10-15(20)6-5-12(16)3)17(21)13-7-11(2)8-14(18)9-13/h5-10,20H,4H2,1-3H3. The first kappa shape index (κ1) is 15.6. The molecule has 1 N–H and O–H groups in total. The third-order valence-electron chi connectivity index (χ3n) is 3.33. The van der Waals surface area contributed by atoms with E-state index in [0.29, 0.717) is 12.1 Å². The van der Waals surface area contributed by atoms with Crippen LogP contribution in [0.3, 0.4) is 0 Å². The molecule has 0 unspecified atom stereocenters. The molecule has 2 aromatic rings. The van der Waals surface area contributed by atoms with Crippen molar-refractivity contribution in [1.82, 2.24) is 0 Å². The van der Waals surface area contributed by atoms with Crippen LogP contribution in [0.15, 0.2) is 40.9 Å². The molecule has 0 saturated carbocycles. The van der Waals surface area contributed by atoms with E-state index < -0.39 is 0 Å². The molecule has 3 nitrogen and oxygen atoms in total. The van der Waals surface area contributed by atoms with Gasteiger partial charge >= 0.3 is 0 Å². The van der Waals surface area contributed by atoms with Crippen LogP contribution in [0.5, 0.6) is 5.75 Å². The lowest BCUT2D eigenvalue weighted by molar-refractivity contribution is 0.0988. The van der Waals surface area contributed by atoms with Crippen molar-refractivity contribution in [3.8, 4) is 5.75 Å². The first-order valence-electron chi connectivity index (χ1n) is 6.81. The molecule has 0 radical (unpaired) electrons. The van der Waals surface area contributed by atoms with Gasteiger partial charge in [-0.15, -0.1) is 0 Å². The molecule has 0 aliphatic rings. The fourth-order valence-electron chi connectivity index (χ4n) is 2.33. The summed E-state index contributed by atoms with van der Waals surface area (Å²) < 4.78 is 0.884. The molecule has 21 heavy (non-hydrogen) atoms. The fourth-order valence-corrected chi connectivity index (χ4v) is 2.94. The third kappa shape index (κ3) is 3.45. The summed E-state index contributed by atoms with van der Waals surface area (Å²) in [7, 11) is 0. The normalized spacial score (nSPS) is 10.5. The number of halogens is 1. The predicted molar refractivity (Wildman–Crippen MR) is 89.1 cm³/mol. The number of aryl methyl sites for hydroxylation is 2. The molecule has 2 aromatic carbocycles. The van der Waals surface area contributed by atoms with E-state index in [1.54, 1.807) is 17.0 Å². The molecular weight excluding hydrogens is 330 g/mol.